The lowest BCUT2D eigenvalue weighted by molar-refractivity contribution is -0.121. The van der Waals surface area contributed by atoms with Crippen molar-refractivity contribution >= 4 is 16.9 Å². The van der Waals surface area contributed by atoms with E-state index in [0.717, 1.165) is 11.0 Å². The molecule has 0 fully saturated rings. The molecular formula is C13H17N3O3. The fourth-order valence-corrected chi connectivity index (χ4v) is 1.91. The van der Waals surface area contributed by atoms with Crippen molar-refractivity contribution in [2.24, 2.45) is 0 Å². The molecule has 0 atom stereocenters. The molecule has 0 unspecified atom stereocenters. The summed E-state index contributed by atoms with van der Waals surface area (Å²) in [7, 11) is 1.58. The molecule has 2 rings (SSSR count). The van der Waals surface area contributed by atoms with Crippen LogP contribution in [0, 0.1) is 0 Å². The molecule has 0 aliphatic rings. The Bertz CT molecular complexity index is 565. The van der Waals surface area contributed by atoms with Crippen molar-refractivity contribution in [2.75, 3.05) is 20.3 Å². The SMILES string of the molecule is COCCNC(=O)Cn1c(CO)nc2ccccc21. The van der Waals surface area contributed by atoms with Gasteiger partial charge in [0.15, 0.2) is 0 Å². The third-order valence-electron chi connectivity index (χ3n) is 2.81. The van der Waals surface area contributed by atoms with Crippen LogP contribution in [0.25, 0.3) is 11.0 Å². The minimum atomic E-state index is -0.194. The number of nitrogens with one attached hydrogen (secondary N) is 1. The van der Waals surface area contributed by atoms with Gasteiger partial charge in [0.2, 0.25) is 5.91 Å². The summed E-state index contributed by atoms with van der Waals surface area (Å²) < 4.78 is 6.59. The van der Waals surface area contributed by atoms with E-state index in [4.69, 9.17) is 4.74 Å². The summed E-state index contributed by atoms with van der Waals surface area (Å²) in [6.45, 7) is 0.889. The number of hydrogen-bond acceptors (Lipinski definition) is 4. The standard InChI is InChI=1S/C13H17N3O3/c1-19-7-6-14-13(18)8-16-11-5-3-2-4-10(11)15-12(16)9-17/h2-5,17H,6-9H2,1H3,(H,14,18). The predicted molar refractivity (Wildman–Crippen MR) is 70.5 cm³/mol. The number of benzene rings is 1. The smallest absolute Gasteiger partial charge is 0.240 e. The largest absolute Gasteiger partial charge is 0.388 e. The predicted octanol–water partition coefficient (Wildman–Crippen LogP) is 0.291. The number of carbonyl (C=O) groups is 1. The summed E-state index contributed by atoms with van der Waals surface area (Å²) >= 11 is 0. The molecule has 0 saturated heterocycles. The third-order valence-corrected chi connectivity index (χ3v) is 2.81. The zero-order valence-corrected chi connectivity index (χ0v) is 10.8. The molecular weight excluding hydrogens is 246 g/mol. The monoisotopic (exact) mass is 263 g/mol. The highest BCUT2D eigenvalue weighted by atomic mass is 16.5. The first-order valence-electron chi connectivity index (χ1n) is 6.07. The van der Waals surface area contributed by atoms with Gasteiger partial charge in [-0.3, -0.25) is 4.79 Å². The fourth-order valence-electron chi connectivity index (χ4n) is 1.91. The van der Waals surface area contributed by atoms with Crippen LogP contribution in [0.1, 0.15) is 5.82 Å². The zero-order valence-electron chi connectivity index (χ0n) is 10.8. The van der Waals surface area contributed by atoms with E-state index in [0.29, 0.717) is 19.0 Å². The molecule has 6 nitrogen and oxygen atoms in total. The van der Waals surface area contributed by atoms with Gasteiger partial charge in [0.1, 0.15) is 19.0 Å². The molecule has 0 aliphatic heterocycles. The number of imidazole rings is 1. The summed E-state index contributed by atoms with van der Waals surface area (Å²) in [5, 5.41) is 12.1. The average Bonchev–Trinajstić information content (AvgIpc) is 2.77. The summed E-state index contributed by atoms with van der Waals surface area (Å²) in [5.74, 6) is 0.359. The van der Waals surface area contributed by atoms with Gasteiger partial charge in [0, 0.05) is 13.7 Å². The molecule has 1 aromatic heterocycles. The normalized spacial score (nSPS) is 10.8. The molecule has 2 aromatic rings. The zero-order chi connectivity index (χ0) is 13.7. The second kappa shape index (κ2) is 6.31. The van der Waals surface area contributed by atoms with Crippen molar-refractivity contribution in [3.05, 3.63) is 30.1 Å². The van der Waals surface area contributed by atoms with E-state index >= 15 is 0 Å². The number of aliphatic hydroxyl groups is 1. The minimum absolute atomic E-state index is 0.130. The number of hydrogen-bond donors (Lipinski definition) is 2. The van der Waals surface area contributed by atoms with Crippen molar-refractivity contribution < 1.29 is 14.6 Å². The van der Waals surface area contributed by atoms with Crippen LogP contribution in [0.15, 0.2) is 24.3 Å². The Balaban J connectivity index is 2.16. The summed E-state index contributed by atoms with van der Waals surface area (Å²) in [6, 6.07) is 7.49. The lowest BCUT2D eigenvalue weighted by atomic mass is 10.3. The van der Waals surface area contributed by atoms with Gasteiger partial charge in [0.05, 0.1) is 17.6 Å². The first-order chi connectivity index (χ1) is 9.26. The van der Waals surface area contributed by atoms with Gasteiger partial charge < -0.3 is 19.7 Å². The average molecular weight is 263 g/mol. The van der Waals surface area contributed by atoms with E-state index in [2.05, 4.69) is 10.3 Å². The van der Waals surface area contributed by atoms with Crippen molar-refractivity contribution in [2.45, 2.75) is 13.2 Å². The maximum absolute atomic E-state index is 11.8. The van der Waals surface area contributed by atoms with E-state index < -0.39 is 0 Å². The molecule has 0 radical (unpaired) electrons. The number of methoxy groups -OCH3 is 1. The lowest BCUT2D eigenvalue weighted by Gasteiger charge is -2.08. The fraction of sp³-hybridized carbons (Fsp3) is 0.385. The topological polar surface area (TPSA) is 76.4 Å². The van der Waals surface area contributed by atoms with Crippen LogP contribution in [-0.4, -0.2) is 40.8 Å². The number of amides is 1. The number of carbonyl (C=O) groups excluding carboxylic acids is 1. The van der Waals surface area contributed by atoms with Crippen LogP contribution in [0.4, 0.5) is 0 Å². The van der Waals surface area contributed by atoms with E-state index in [9.17, 15) is 9.90 Å². The number of nitrogens with zero attached hydrogens (tertiary/aromatic N) is 2. The van der Waals surface area contributed by atoms with Crippen LogP contribution in [0.3, 0.4) is 0 Å². The van der Waals surface area contributed by atoms with E-state index in [1.807, 2.05) is 24.3 Å². The maximum Gasteiger partial charge on any atom is 0.240 e. The Kier molecular flexibility index (Phi) is 4.48. The molecule has 0 bridgehead atoms. The maximum atomic E-state index is 11.8. The molecule has 0 aliphatic carbocycles. The van der Waals surface area contributed by atoms with Crippen LogP contribution < -0.4 is 5.32 Å². The van der Waals surface area contributed by atoms with E-state index in [1.165, 1.54) is 0 Å². The van der Waals surface area contributed by atoms with Gasteiger partial charge in [-0.15, -0.1) is 0 Å². The number of rotatable bonds is 6. The van der Waals surface area contributed by atoms with Crippen LogP contribution >= 0.6 is 0 Å². The summed E-state index contributed by atoms with van der Waals surface area (Å²) in [4.78, 5) is 16.1. The number of aliphatic hydroxyl groups excluding tert-OH is 1. The third kappa shape index (κ3) is 3.10. The van der Waals surface area contributed by atoms with E-state index in [1.54, 1.807) is 11.7 Å². The highest BCUT2D eigenvalue weighted by Gasteiger charge is 2.12. The Hall–Kier alpha value is -1.92. The number of aromatic nitrogens is 2. The molecule has 102 valence electrons. The van der Waals surface area contributed by atoms with Gasteiger partial charge in [-0.25, -0.2) is 4.98 Å². The van der Waals surface area contributed by atoms with Crippen LogP contribution in [0.2, 0.25) is 0 Å². The molecule has 6 heteroatoms. The van der Waals surface area contributed by atoms with Crippen LogP contribution in [0.5, 0.6) is 0 Å². The van der Waals surface area contributed by atoms with Gasteiger partial charge in [-0.1, -0.05) is 12.1 Å². The second-order valence-corrected chi connectivity index (χ2v) is 4.10. The van der Waals surface area contributed by atoms with Crippen molar-refractivity contribution in [3.8, 4) is 0 Å². The second-order valence-electron chi connectivity index (χ2n) is 4.10. The number of para-hydroxylation sites is 2. The van der Waals surface area contributed by atoms with Crippen LogP contribution in [-0.2, 0) is 22.7 Å². The minimum Gasteiger partial charge on any atom is -0.388 e. The number of ether oxygens (including phenoxy) is 1. The Labute approximate surface area is 111 Å². The molecule has 1 heterocycles. The van der Waals surface area contributed by atoms with Gasteiger partial charge >= 0.3 is 0 Å². The molecule has 0 spiro atoms. The Morgan fingerprint density at radius 2 is 2.26 bits per heavy atom. The Morgan fingerprint density at radius 3 is 3.00 bits per heavy atom. The highest BCUT2D eigenvalue weighted by Crippen LogP contribution is 2.15. The quantitative estimate of drug-likeness (QED) is 0.735. The number of fused-ring (bicyclic) bond motifs is 1. The van der Waals surface area contributed by atoms with Gasteiger partial charge in [0.25, 0.3) is 0 Å². The molecule has 1 aromatic carbocycles. The Morgan fingerprint density at radius 1 is 1.47 bits per heavy atom. The van der Waals surface area contributed by atoms with Gasteiger partial charge in [-0.05, 0) is 12.1 Å². The van der Waals surface area contributed by atoms with Crippen molar-refractivity contribution in [1.29, 1.82) is 0 Å². The van der Waals surface area contributed by atoms with E-state index in [-0.39, 0.29) is 19.1 Å². The summed E-state index contributed by atoms with van der Waals surface area (Å²) in [6.07, 6.45) is 0. The first-order valence-corrected chi connectivity index (χ1v) is 6.07. The summed E-state index contributed by atoms with van der Waals surface area (Å²) in [5.41, 5.74) is 1.62. The lowest BCUT2D eigenvalue weighted by Crippen LogP contribution is -2.30. The van der Waals surface area contributed by atoms with Crippen molar-refractivity contribution in [3.63, 3.8) is 0 Å². The molecule has 2 N–H and O–H groups in total. The van der Waals surface area contributed by atoms with Gasteiger partial charge in [-0.2, -0.15) is 0 Å². The molecule has 1 amide bonds. The molecule has 0 saturated carbocycles. The highest BCUT2D eigenvalue weighted by molar-refractivity contribution is 5.81. The molecule has 19 heavy (non-hydrogen) atoms. The first kappa shape index (κ1) is 13.5. The van der Waals surface area contributed by atoms with Crippen molar-refractivity contribution in [1.82, 2.24) is 14.9 Å².